The van der Waals surface area contributed by atoms with Crippen LogP contribution in [0, 0.1) is 24.2 Å². The highest BCUT2D eigenvalue weighted by molar-refractivity contribution is 7.92. The lowest BCUT2D eigenvalue weighted by Gasteiger charge is -2.33. The van der Waals surface area contributed by atoms with Gasteiger partial charge >= 0.3 is 0 Å². The van der Waals surface area contributed by atoms with Gasteiger partial charge in [-0.25, -0.2) is 18.4 Å². The molecule has 1 aliphatic heterocycles. The lowest BCUT2D eigenvalue weighted by Crippen LogP contribution is -2.36. The normalized spacial score (nSPS) is 18.2. The van der Waals surface area contributed by atoms with Gasteiger partial charge in [0.2, 0.25) is 9.84 Å². The number of fused-ring (bicyclic) bond motifs is 1. The van der Waals surface area contributed by atoms with E-state index >= 15 is 0 Å². The van der Waals surface area contributed by atoms with Crippen LogP contribution in [0.2, 0.25) is 0 Å². The monoisotopic (exact) mass is 420 g/mol. The summed E-state index contributed by atoms with van der Waals surface area (Å²) >= 11 is 0. The van der Waals surface area contributed by atoms with Gasteiger partial charge in [0.25, 0.3) is 0 Å². The molecule has 0 amide bonds. The molecule has 0 radical (unpaired) electrons. The van der Waals surface area contributed by atoms with Gasteiger partial charge in [-0.05, 0) is 55.5 Å². The van der Waals surface area contributed by atoms with Crippen LogP contribution in [0.4, 0.5) is 5.82 Å². The first-order valence-corrected chi connectivity index (χ1v) is 11.7. The molecule has 6 nitrogen and oxygen atoms in total. The number of para-hydroxylation sites is 2. The van der Waals surface area contributed by atoms with Gasteiger partial charge in [-0.1, -0.05) is 31.2 Å². The number of piperidine rings is 1. The molecular weight excluding hydrogens is 396 g/mol. The van der Waals surface area contributed by atoms with Gasteiger partial charge in [-0.3, -0.25) is 0 Å². The second kappa shape index (κ2) is 8.04. The summed E-state index contributed by atoms with van der Waals surface area (Å²) in [4.78, 5) is 11.6. The van der Waals surface area contributed by atoms with Crippen molar-refractivity contribution < 1.29 is 8.42 Å². The quantitative estimate of drug-likeness (QED) is 0.628. The molecule has 4 rings (SSSR count). The van der Waals surface area contributed by atoms with Crippen molar-refractivity contribution in [3.05, 3.63) is 59.8 Å². The number of benzene rings is 2. The topological polar surface area (TPSA) is 86.9 Å². The average Bonchev–Trinajstić information content (AvgIpc) is 2.73. The van der Waals surface area contributed by atoms with E-state index in [0.29, 0.717) is 22.8 Å². The summed E-state index contributed by atoms with van der Waals surface area (Å²) in [7, 11) is -3.96. The number of rotatable bonds is 4. The van der Waals surface area contributed by atoms with Gasteiger partial charge in [0.05, 0.1) is 22.0 Å². The van der Waals surface area contributed by atoms with Crippen LogP contribution in [0.3, 0.4) is 0 Å². The van der Waals surface area contributed by atoms with Gasteiger partial charge in [-0.15, -0.1) is 0 Å². The van der Waals surface area contributed by atoms with Gasteiger partial charge in [0, 0.05) is 13.1 Å². The number of hydrogen-bond acceptors (Lipinski definition) is 6. The molecular formula is C23H24N4O2S. The first-order chi connectivity index (χ1) is 14.4. The van der Waals surface area contributed by atoms with Crippen LogP contribution >= 0.6 is 0 Å². The number of nitriles is 1. The van der Waals surface area contributed by atoms with Crippen molar-refractivity contribution in [1.82, 2.24) is 9.97 Å². The standard InChI is InChI=1S/C23H24N4O2S/c1-16-7-5-9-18(13-16)30(28,29)21(14-24)22-23(27-12-6-8-17(2)15-27)26-20-11-4-3-10-19(20)25-22/h3-5,7,9-11,13,17,21H,6,8,12,15H2,1-2H3/t17-,21+/m1/s1. The third kappa shape index (κ3) is 3.75. The van der Waals surface area contributed by atoms with Crippen LogP contribution in [0.5, 0.6) is 0 Å². The molecule has 7 heteroatoms. The first kappa shape index (κ1) is 20.3. The minimum absolute atomic E-state index is 0.127. The molecule has 0 N–H and O–H groups in total. The van der Waals surface area contributed by atoms with Gasteiger partial charge in [0.15, 0.2) is 11.1 Å². The molecule has 0 saturated carbocycles. The summed E-state index contributed by atoms with van der Waals surface area (Å²) in [5.74, 6) is 0.969. The molecule has 0 aliphatic carbocycles. The maximum atomic E-state index is 13.4. The SMILES string of the molecule is Cc1cccc(S(=O)(=O)[C@@H](C#N)c2nc3ccccc3nc2N2CCC[C@@H](C)C2)c1. The number of anilines is 1. The Morgan fingerprint density at radius 1 is 1.13 bits per heavy atom. The minimum atomic E-state index is -3.96. The summed E-state index contributed by atoms with van der Waals surface area (Å²) < 4.78 is 26.9. The third-order valence-electron chi connectivity index (χ3n) is 5.53. The number of hydrogen-bond donors (Lipinski definition) is 0. The van der Waals surface area contributed by atoms with Crippen LogP contribution in [0.1, 0.15) is 36.3 Å². The van der Waals surface area contributed by atoms with E-state index in [2.05, 4.69) is 16.8 Å². The molecule has 1 aromatic heterocycles. The zero-order valence-electron chi connectivity index (χ0n) is 17.1. The summed E-state index contributed by atoms with van der Waals surface area (Å²) in [6, 6.07) is 16.0. The Hall–Kier alpha value is -2.98. The van der Waals surface area contributed by atoms with Crippen molar-refractivity contribution >= 4 is 26.7 Å². The van der Waals surface area contributed by atoms with Crippen LogP contribution in [0.15, 0.2) is 53.4 Å². The summed E-state index contributed by atoms with van der Waals surface area (Å²) in [5.41, 5.74) is 2.31. The van der Waals surface area contributed by atoms with Crippen molar-refractivity contribution in [2.75, 3.05) is 18.0 Å². The van der Waals surface area contributed by atoms with E-state index in [1.165, 1.54) is 6.07 Å². The Morgan fingerprint density at radius 2 is 1.87 bits per heavy atom. The van der Waals surface area contributed by atoms with Crippen LogP contribution in [-0.4, -0.2) is 31.5 Å². The van der Waals surface area contributed by atoms with E-state index in [-0.39, 0.29) is 10.6 Å². The average molecular weight is 421 g/mol. The molecule has 2 heterocycles. The maximum Gasteiger partial charge on any atom is 0.200 e. The second-order valence-electron chi connectivity index (χ2n) is 7.99. The van der Waals surface area contributed by atoms with Gasteiger partial charge in [0.1, 0.15) is 5.69 Å². The van der Waals surface area contributed by atoms with Gasteiger partial charge < -0.3 is 4.90 Å². The van der Waals surface area contributed by atoms with Gasteiger partial charge in [-0.2, -0.15) is 5.26 Å². The highest BCUT2D eigenvalue weighted by Gasteiger charge is 2.35. The first-order valence-electron chi connectivity index (χ1n) is 10.1. The lowest BCUT2D eigenvalue weighted by molar-refractivity contribution is 0.443. The summed E-state index contributed by atoms with van der Waals surface area (Å²) in [6.45, 7) is 5.54. The minimum Gasteiger partial charge on any atom is -0.355 e. The fourth-order valence-electron chi connectivity index (χ4n) is 4.00. The number of aromatic nitrogens is 2. The molecule has 30 heavy (non-hydrogen) atoms. The number of aryl methyl sites for hydroxylation is 1. The van der Waals surface area contributed by atoms with Crippen LogP contribution in [-0.2, 0) is 9.84 Å². The molecule has 1 fully saturated rings. The Kier molecular flexibility index (Phi) is 5.44. The summed E-state index contributed by atoms with van der Waals surface area (Å²) in [6.07, 6.45) is 2.12. The Bertz CT molecular complexity index is 1230. The van der Waals surface area contributed by atoms with Crippen molar-refractivity contribution in [2.45, 2.75) is 36.8 Å². The zero-order valence-corrected chi connectivity index (χ0v) is 17.9. The molecule has 2 atom stereocenters. The van der Waals surface area contributed by atoms with E-state index in [1.54, 1.807) is 18.2 Å². The molecule has 0 bridgehead atoms. The predicted molar refractivity (Wildman–Crippen MR) is 117 cm³/mol. The molecule has 1 aliphatic rings. The fraction of sp³-hybridized carbons (Fsp3) is 0.348. The van der Waals surface area contributed by atoms with Crippen molar-refractivity contribution in [2.24, 2.45) is 5.92 Å². The highest BCUT2D eigenvalue weighted by Crippen LogP contribution is 2.35. The van der Waals surface area contributed by atoms with E-state index in [0.717, 1.165) is 31.5 Å². The third-order valence-corrected chi connectivity index (χ3v) is 7.39. The maximum absolute atomic E-state index is 13.4. The Morgan fingerprint density at radius 3 is 2.53 bits per heavy atom. The zero-order chi connectivity index (χ0) is 21.3. The van der Waals surface area contributed by atoms with E-state index < -0.39 is 15.1 Å². The fourth-order valence-corrected chi connectivity index (χ4v) is 5.48. The highest BCUT2D eigenvalue weighted by atomic mass is 32.2. The van der Waals surface area contributed by atoms with Crippen molar-refractivity contribution in [3.8, 4) is 6.07 Å². The van der Waals surface area contributed by atoms with Crippen LogP contribution in [0.25, 0.3) is 11.0 Å². The number of nitrogens with zero attached hydrogens (tertiary/aromatic N) is 4. The largest absolute Gasteiger partial charge is 0.355 e. The number of sulfone groups is 1. The Labute approximate surface area is 177 Å². The van der Waals surface area contributed by atoms with Crippen LogP contribution < -0.4 is 4.90 Å². The van der Waals surface area contributed by atoms with E-state index in [4.69, 9.17) is 4.98 Å². The summed E-state index contributed by atoms with van der Waals surface area (Å²) in [5, 5.41) is 8.55. The lowest BCUT2D eigenvalue weighted by atomic mass is 10.00. The van der Waals surface area contributed by atoms with Crippen molar-refractivity contribution in [3.63, 3.8) is 0 Å². The Balaban J connectivity index is 1.91. The van der Waals surface area contributed by atoms with Crippen molar-refractivity contribution in [1.29, 1.82) is 5.26 Å². The predicted octanol–water partition coefficient (Wildman–Crippen LogP) is 4.21. The molecule has 3 aromatic rings. The second-order valence-corrected chi connectivity index (χ2v) is 10.0. The molecule has 0 unspecified atom stereocenters. The van der Waals surface area contributed by atoms with E-state index in [9.17, 15) is 13.7 Å². The molecule has 154 valence electrons. The smallest absolute Gasteiger partial charge is 0.200 e. The molecule has 1 saturated heterocycles. The molecule has 0 spiro atoms. The molecule has 2 aromatic carbocycles. The van der Waals surface area contributed by atoms with E-state index in [1.807, 2.05) is 37.3 Å².